The van der Waals surface area contributed by atoms with Gasteiger partial charge in [-0.1, -0.05) is 12.1 Å². The van der Waals surface area contributed by atoms with Crippen LogP contribution in [0.2, 0.25) is 0 Å². The number of amides is 1. The number of carbonyl (C=O) groups is 1. The summed E-state index contributed by atoms with van der Waals surface area (Å²) in [5.74, 6) is -1.17. The predicted octanol–water partition coefficient (Wildman–Crippen LogP) is 4.11. The fourth-order valence-electron chi connectivity index (χ4n) is 3.52. The Bertz CT molecular complexity index is 1170. The maximum absolute atomic E-state index is 13.7. The Kier molecular flexibility index (Phi) is 7.32. The molecule has 1 aromatic heterocycles. The quantitative estimate of drug-likeness (QED) is 0.428. The summed E-state index contributed by atoms with van der Waals surface area (Å²) in [7, 11) is 1.26. The highest BCUT2D eigenvalue weighted by atomic mass is 19.4. The molecule has 0 spiro atoms. The standard InChI is InChI=1S/C23H23F3N6O3/c1-34-31-21(33)17-4-2-3-5-19(17)29-20-18(23(24,25)26)14-27-22(30-20)28-15-6-8-16(9-7-15)32-10-12-35-13-11-32/h2-9,14H,10-13H2,1H3,(H,31,33)(H2,27,28,29,30). The molecule has 0 saturated carbocycles. The maximum Gasteiger partial charge on any atom is 0.421 e. The summed E-state index contributed by atoms with van der Waals surface area (Å²) in [6.45, 7) is 2.89. The highest BCUT2D eigenvalue weighted by Gasteiger charge is 2.35. The van der Waals surface area contributed by atoms with Gasteiger partial charge in [0.05, 0.1) is 31.6 Å². The molecule has 35 heavy (non-hydrogen) atoms. The van der Waals surface area contributed by atoms with E-state index in [0.717, 1.165) is 18.8 Å². The SMILES string of the molecule is CONC(=O)c1ccccc1Nc1nc(Nc2ccc(N3CCOCC3)cc2)ncc1C(F)(F)F. The summed E-state index contributed by atoms with van der Waals surface area (Å²) in [6, 6.07) is 13.5. The van der Waals surface area contributed by atoms with E-state index in [0.29, 0.717) is 25.1 Å². The molecule has 2 heterocycles. The predicted molar refractivity (Wildman–Crippen MR) is 124 cm³/mol. The summed E-state index contributed by atoms with van der Waals surface area (Å²) in [5, 5.41) is 5.54. The number of aromatic nitrogens is 2. The molecule has 1 aliphatic rings. The first-order chi connectivity index (χ1) is 16.8. The zero-order valence-electron chi connectivity index (χ0n) is 18.7. The monoisotopic (exact) mass is 488 g/mol. The lowest BCUT2D eigenvalue weighted by Crippen LogP contribution is -2.36. The molecule has 1 fully saturated rings. The molecule has 0 radical (unpaired) electrons. The molecule has 0 aliphatic carbocycles. The van der Waals surface area contributed by atoms with Crippen molar-refractivity contribution < 1.29 is 27.5 Å². The van der Waals surface area contributed by atoms with E-state index in [1.807, 2.05) is 12.1 Å². The van der Waals surface area contributed by atoms with E-state index in [1.165, 1.54) is 19.2 Å². The number of nitrogens with zero attached hydrogens (tertiary/aromatic N) is 3. The van der Waals surface area contributed by atoms with Gasteiger partial charge < -0.3 is 20.3 Å². The summed E-state index contributed by atoms with van der Waals surface area (Å²) >= 11 is 0. The third-order valence-electron chi connectivity index (χ3n) is 5.21. The number of carbonyl (C=O) groups excluding carboxylic acids is 1. The van der Waals surface area contributed by atoms with Gasteiger partial charge in [0, 0.05) is 30.7 Å². The van der Waals surface area contributed by atoms with Gasteiger partial charge in [0.1, 0.15) is 11.4 Å². The van der Waals surface area contributed by atoms with E-state index >= 15 is 0 Å². The molecule has 2 aromatic carbocycles. The second kappa shape index (κ2) is 10.6. The second-order valence-electron chi connectivity index (χ2n) is 7.53. The number of rotatable bonds is 7. The average molecular weight is 488 g/mol. The van der Waals surface area contributed by atoms with Crippen molar-refractivity contribution in [2.75, 3.05) is 48.9 Å². The number of para-hydroxylation sites is 1. The van der Waals surface area contributed by atoms with Crippen LogP contribution in [0.4, 0.5) is 42.0 Å². The molecular formula is C23H23F3N6O3. The molecule has 184 valence electrons. The minimum atomic E-state index is -4.72. The summed E-state index contributed by atoms with van der Waals surface area (Å²) < 4.78 is 46.3. The van der Waals surface area contributed by atoms with E-state index in [1.54, 1.807) is 24.3 Å². The smallest absolute Gasteiger partial charge is 0.378 e. The molecule has 0 bridgehead atoms. The topological polar surface area (TPSA) is 101 Å². The Morgan fingerprint density at radius 1 is 1.06 bits per heavy atom. The number of ether oxygens (including phenoxy) is 1. The van der Waals surface area contributed by atoms with E-state index in [4.69, 9.17) is 4.74 Å². The van der Waals surface area contributed by atoms with E-state index < -0.39 is 23.5 Å². The molecule has 1 aliphatic heterocycles. The summed E-state index contributed by atoms with van der Waals surface area (Å²) in [6.07, 6.45) is -4.03. The van der Waals surface area contributed by atoms with Crippen molar-refractivity contribution in [2.24, 2.45) is 0 Å². The van der Waals surface area contributed by atoms with Gasteiger partial charge in [-0.05, 0) is 36.4 Å². The third kappa shape index (κ3) is 5.97. The Balaban J connectivity index is 1.59. The molecule has 3 aromatic rings. The molecule has 1 amide bonds. The first kappa shape index (κ1) is 24.2. The number of hydrogen-bond donors (Lipinski definition) is 3. The molecule has 9 nitrogen and oxygen atoms in total. The maximum atomic E-state index is 13.7. The van der Waals surface area contributed by atoms with Crippen LogP contribution in [0.25, 0.3) is 0 Å². The number of hydroxylamine groups is 1. The van der Waals surface area contributed by atoms with Crippen molar-refractivity contribution >= 4 is 34.7 Å². The van der Waals surface area contributed by atoms with Crippen LogP contribution in [0, 0.1) is 0 Å². The van der Waals surface area contributed by atoms with Crippen LogP contribution >= 0.6 is 0 Å². The first-order valence-electron chi connectivity index (χ1n) is 10.7. The third-order valence-corrected chi connectivity index (χ3v) is 5.21. The lowest BCUT2D eigenvalue weighted by Gasteiger charge is -2.28. The number of halogens is 3. The van der Waals surface area contributed by atoms with E-state index in [-0.39, 0.29) is 17.2 Å². The Morgan fingerprint density at radius 3 is 2.46 bits per heavy atom. The molecule has 0 atom stereocenters. The highest BCUT2D eigenvalue weighted by molar-refractivity contribution is 5.99. The molecule has 12 heteroatoms. The number of morpholine rings is 1. The number of hydrogen-bond acceptors (Lipinski definition) is 8. The molecule has 3 N–H and O–H groups in total. The van der Waals surface area contributed by atoms with Gasteiger partial charge in [-0.3, -0.25) is 9.63 Å². The van der Waals surface area contributed by atoms with Gasteiger partial charge in [0.2, 0.25) is 5.95 Å². The number of nitrogens with one attached hydrogen (secondary N) is 3. The van der Waals surface area contributed by atoms with Crippen LogP contribution in [-0.4, -0.2) is 49.3 Å². The first-order valence-corrected chi connectivity index (χ1v) is 10.7. The summed E-state index contributed by atoms with van der Waals surface area (Å²) in [5.41, 5.74) is 2.89. The average Bonchev–Trinajstić information content (AvgIpc) is 2.85. The lowest BCUT2D eigenvalue weighted by atomic mass is 10.1. The Morgan fingerprint density at radius 2 is 1.77 bits per heavy atom. The Labute approximate surface area is 199 Å². The minimum Gasteiger partial charge on any atom is -0.378 e. The second-order valence-corrected chi connectivity index (χ2v) is 7.53. The zero-order valence-corrected chi connectivity index (χ0v) is 18.7. The van der Waals surface area contributed by atoms with Crippen molar-refractivity contribution in [2.45, 2.75) is 6.18 Å². The molecular weight excluding hydrogens is 465 g/mol. The molecule has 1 saturated heterocycles. The van der Waals surface area contributed by atoms with Crippen molar-refractivity contribution in [1.29, 1.82) is 0 Å². The van der Waals surface area contributed by atoms with Crippen LogP contribution < -0.4 is 21.0 Å². The van der Waals surface area contributed by atoms with Gasteiger partial charge in [0.15, 0.2) is 0 Å². The van der Waals surface area contributed by atoms with Crippen molar-refractivity contribution in [3.05, 3.63) is 65.9 Å². The van der Waals surface area contributed by atoms with Crippen molar-refractivity contribution in [3.8, 4) is 0 Å². The van der Waals surface area contributed by atoms with Gasteiger partial charge in [-0.25, -0.2) is 10.5 Å². The van der Waals surface area contributed by atoms with Crippen LogP contribution in [0.3, 0.4) is 0 Å². The number of anilines is 5. The van der Waals surface area contributed by atoms with Crippen LogP contribution in [0.5, 0.6) is 0 Å². The minimum absolute atomic E-state index is 0.0431. The molecule has 0 unspecified atom stereocenters. The largest absolute Gasteiger partial charge is 0.421 e. The van der Waals surface area contributed by atoms with E-state index in [2.05, 4.69) is 35.8 Å². The van der Waals surface area contributed by atoms with Gasteiger partial charge in [0.25, 0.3) is 5.91 Å². The van der Waals surface area contributed by atoms with Gasteiger partial charge in [-0.2, -0.15) is 18.2 Å². The summed E-state index contributed by atoms with van der Waals surface area (Å²) in [4.78, 5) is 26.9. The van der Waals surface area contributed by atoms with Crippen LogP contribution in [-0.2, 0) is 15.8 Å². The van der Waals surface area contributed by atoms with Crippen LogP contribution in [0.1, 0.15) is 15.9 Å². The number of alkyl halides is 3. The fourth-order valence-corrected chi connectivity index (χ4v) is 3.52. The molecule has 4 rings (SSSR count). The number of benzene rings is 2. The van der Waals surface area contributed by atoms with Crippen molar-refractivity contribution in [3.63, 3.8) is 0 Å². The van der Waals surface area contributed by atoms with Gasteiger partial charge in [-0.15, -0.1) is 0 Å². The Hall–Kier alpha value is -3.90. The van der Waals surface area contributed by atoms with E-state index in [9.17, 15) is 18.0 Å². The van der Waals surface area contributed by atoms with Crippen molar-refractivity contribution in [1.82, 2.24) is 15.4 Å². The highest BCUT2D eigenvalue weighted by Crippen LogP contribution is 2.36. The lowest BCUT2D eigenvalue weighted by molar-refractivity contribution is -0.137. The van der Waals surface area contributed by atoms with Crippen LogP contribution in [0.15, 0.2) is 54.7 Å². The van der Waals surface area contributed by atoms with Gasteiger partial charge >= 0.3 is 6.18 Å². The fraction of sp³-hybridized carbons (Fsp3) is 0.261. The zero-order chi connectivity index (χ0) is 24.8. The normalized spacial score (nSPS) is 13.9.